The van der Waals surface area contributed by atoms with Crippen molar-refractivity contribution in [3.63, 3.8) is 0 Å². The van der Waals surface area contributed by atoms with Crippen molar-refractivity contribution >= 4 is 17.7 Å². The lowest BCUT2D eigenvalue weighted by Gasteiger charge is -2.13. The average Bonchev–Trinajstić information content (AvgIpc) is 2.98. The zero-order chi connectivity index (χ0) is 18.9. The molecular weight excluding hydrogens is 353 g/mol. The largest absolute Gasteiger partial charge is 0.353 e. The Balaban J connectivity index is 1.82. The second-order valence-corrected chi connectivity index (χ2v) is 7.23. The Kier molecular flexibility index (Phi) is 7.90. The number of benzene rings is 1. The number of nitrogens with two attached hydrogens (primary N) is 1. The topological polar surface area (TPSA) is 85.8 Å². The standard InChI is InChI=1S/C18H26FN5OS/c1-3-4-5-6-7-13(2)21-16(25)12-26-18-23-22-17(24(18)20)14-8-10-15(19)11-9-14/h8-11,13H,3-7,12,20H2,1-2H3,(H,21,25)/t13-/m1/s1. The van der Waals surface area contributed by atoms with Gasteiger partial charge in [0.05, 0.1) is 5.75 Å². The van der Waals surface area contributed by atoms with Crippen LogP contribution in [0.4, 0.5) is 4.39 Å². The van der Waals surface area contributed by atoms with Crippen molar-refractivity contribution in [3.8, 4) is 11.4 Å². The molecule has 0 saturated carbocycles. The van der Waals surface area contributed by atoms with Gasteiger partial charge in [0.2, 0.25) is 11.1 Å². The highest BCUT2D eigenvalue weighted by Gasteiger charge is 2.14. The molecule has 0 unspecified atom stereocenters. The zero-order valence-corrected chi connectivity index (χ0v) is 16.1. The van der Waals surface area contributed by atoms with Crippen LogP contribution in [-0.4, -0.2) is 32.6 Å². The predicted octanol–water partition coefficient (Wildman–Crippen LogP) is 3.37. The number of hydrogen-bond acceptors (Lipinski definition) is 5. The van der Waals surface area contributed by atoms with Gasteiger partial charge in [-0.1, -0.05) is 44.4 Å². The van der Waals surface area contributed by atoms with Gasteiger partial charge >= 0.3 is 0 Å². The predicted molar refractivity (Wildman–Crippen MR) is 103 cm³/mol. The molecule has 1 atom stereocenters. The summed E-state index contributed by atoms with van der Waals surface area (Å²) in [6, 6.07) is 6.01. The first-order chi connectivity index (χ1) is 12.5. The summed E-state index contributed by atoms with van der Waals surface area (Å²) in [6.07, 6.45) is 5.75. The van der Waals surface area contributed by atoms with Gasteiger partial charge in [0, 0.05) is 11.6 Å². The molecule has 1 aromatic heterocycles. The Bertz CT molecular complexity index is 704. The summed E-state index contributed by atoms with van der Waals surface area (Å²) in [7, 11) is 0. The van der Waals surface area contributed by atoms with E-state index in [-0.39, 0.29) is 23.5 Å². The summed E-state index contributed by atoms with van der Waals surface area (Å²) >= 11 is 1.23. The molecule has 0 bridgehead atoms. The van der Waals surface area contributed by atoms with Gasteiger partial charge in [0.1, 0.15) is 5.82 Å². The van der Waals surface area contributed by atoms with Gasteiger partial charge < -0.3 is 11.2 Å². The van der Waals surface area contributed by atoms with Crippen LogP contribution in [0.5, 0.6) is 0 Å². The van der Waals surface area contributed by atoms with E-state index < -0.39 is 0 Å². The van der Waals surface area contributed by atoms with Crippen LogP contribution in [0, 0.1) is 5.82 Å². The number of nitrogens with zero attached hydrogens (tertiary/aromatic N) is 3. The van der Waals surface area contributed by atoms with Crippen LogP contribution in [0.1, 0.15) is 46.0 Å². The fraction of sp³-hybridized carbons (Fsp3) is 0.500. The summed E-state index contributed by atoms with van der Waals surface area (Å²) in [4.78, 5) is 12.1. The molecule has 1 amide bonds. The Hall–Kier alpha value is -2.09. The van der Waals surface area contributed by atoms with E-state index in [1.807, 2.05) is 6.92 Å². The van der Waals surface area contributed by atoms with E-state index in [1.165, 1.54) is 47.8 Å². The first kappa shape index (κ1) is 20.2. The van der Waals surface area contributed by atoms with E-state index in [1.54, 1.807) is 12.1 Å². The Morgan fingerprint density at radius 1 is 1.27 bits per heavy atom. The van der Waals surface area contributed by atoms with Crippen LogP contribution in [0.15, 0.2) is 29.4 Å². The number of thioether (sulfide) groups is 1. The molecule has 0 fully saturated rings. The number of nitrogens with one attached hydrogen (secondary N) is 1. The van der Waals surface area contributed by atoms with Crippen LogP contribution < -0.4 is 11.2 Å². The molecule has 0 aliphatic heterocycles. The molecule has 6 nitrogen and oxygen atoms in total. The smallest absolute Gasteiger partial charge is 0.230 e. The van der Waals surface area contributed by atoms with Crippen LogP contribution in [-0.2, 0) is 4.79 Å². The number of halogens is 1. The third-order valence-electron chi connectivity index (χ3n) is 4.00. The highest BCUT2D eigenvalue weighted by Crippen LogP contribution is 2.21. The van der Waals surface area contributed by atoms with Crippen molar-refractivity contribution in [1.82, 2.24) is 20.2 Å². The molecule has 0 radical (unpaired) electrons. The number of aromatic nitrogens is 3. The second kappa shape index (κ2) is 10.2. The van der Waals surface area contributed by atoms with Crippen LogP contribution >= 0.6 is 11.8 Å². The average molecular weight is 380 g/mol. The number of hydrogen-bond donors (Lipinski definition) is 2. The maximum absolute atomic E-state index is 13.0. The van der Waals surface area contributed by atoms with Crippen molar-refractivity contribution in [2.24, 2.45) is 0 Å². The molecule has 0 spiro atoms. The Labute approximate surface area is 157 Å². The van der Waals surface area contributed by atoms with Crippen molar-refractivity contribution in [3.05, 3.63) is 30.1 Å². The number of amides is 1. The van der Waals surface area contributed by atoms with Crippen LogP contribution in [0.3, 0.4) is 0 Å². The van der Waals surface area contributed by atoms with Gasteiger partial charge in [-0.05, 0) is 37.6 Å². The number of carbonyl (C=O) groups is 1. The minimum atomic E-state index is -0.327. The number of nitrogen functional groups attached to an aromatic ring is 1. The van der Waals surface area contributed by atoms with E-state index >= 15 is 0 Å². The quantitative estimate of drug-likeness (QED) is 0.375. The van der Waals surface area contributed by atoms with Gasteiger partial charge in [-0.3, -0.25) is 4.79 Å². The molecule has 0 aliphatic rings. The summed E-state index contributed by atoms with van der Waals surface area (Å²) in [6.45, 7) is 4.20. The van der Waals surface area contributed by atoms with Crippen molar-refractivity contribution in [2.45, 2.75) is 57.1 Å². The van der Waals surface area contributed by atoms with Crippen molar-refractivity contribution < 1.29 is 9.18 Å². The van der Waals surface area contributed by atoms with Gasteiger partial charge in [0.25, 0.3) is 0 Å². The van der Waals surface area contributed by atoms with Gasteiger partial charge in [-0.15, -0.1) is 10.2 Å². The molecule has 0 saturated heterocycles. The molecule has 142 valence electrons. The first-order valence-electron chi connectivity index (χ1n) is 8.89. The van der Waals surface area contributed by atoms with Crippen molar-refractivity contribution in [1.29, 1.82) is 0 Å². The van der Waals surface area contributed by atoms with Crippen LogP contribution in [0.25, 0.3) is 11.4 Å². The fourth-order valence-electron chi connectivity index (χ4n) is 2.57. The minimum absolute atomic E-state index is 0.0516. The first-order valence-corrected chi connectivity index (χ1v) is 9.88. The van der Waals surface area contributed by atoms with Crippen molar-refractivity contribution in [2.75, 3.05) is 11.6 Å². The second-order valence-electron chi connectivity index (χ2n) is 6.29. The fourth-order valence-corrected chi connectivity index (χ4v) is 3.23. The lowest BCUT2D eigenvalue weighted by Crippen LogP contribution is -2.33. The molecule has 1 heterocycles. The summed E-state index contributed by atoms with van der Waals surface area (Å²) in [5, 5.41) is 11.5. The monoisotopic (exact) mass is 379 g/mol. The molecule has 1 aromatic carbocycles. The molecule has 26 heavy (non-hydrogen) atoms. The molecular formula is C18H26FN5OS. The molecule has 8 heteroatoms. The van der Waals surface area contributed by atoms with E-state index in [4.69, 9.17) is 5.84 Å². The third-order valence-corrected chi connectivity index (χ3v) is 4.94. The molecule has 2 rings (SSSR count). The van der Waals surface area contributed by atoms with Gasteiger partial charge in [-0.25, -0.2) is 9.07 Å². The van der Waals surface area contributed by atoms with Gasteiger partial charge in [0.15, 0.2) is 5.82 Å². The summed E-state index contributed by atoms with van der Waals surface area (Å²) < 4.78 is 14.3. The lowest BCUT2D eigenvalue weighted by molar-refractivity contribution is -0.119. The normalized spacial score (nSPS) is 12.1. The zero-order valence-electron chi connectivity index (χ0n) is 15.2. The van der Waals surface area contributed by atoms with E-state index in [0.29, 0.717) is 16.5 Å². The summed E-state index contributed by atoms with van der Waals surface area (Å²) in [5.41, 5.74) is 0.665. The maximum Gasteiger partial charge on any atom is 0.230 e. The highest BCUT2D eigenvalue weighted by atomic mass is 32.2. The summed E-state index contributed by atoms with van der Waals surface area (Å²) in [5.74, 6) is 6.27. The maximum atomic E-state index is 13.0. The highest BCUT2D eigenvalue weighted by molar-refractivity contribution is 7.99. The number of carbonyl (C=O) groups excluding carboxylic acids is 1. The third kappa shape index (κ3) is 6.01. The van der Waals surface area contributed by atoms with E-state index in [2.05, 4.69) is 22.4 Å². The number of rotatable bonds is 10. The van der Waals surface area contributed by atoms with Gasteiger partial charge in [-0.2, -0.15) is 0 Å². The Morgan fingerprint density at radius 2 is 2.00 bits per heavy atom. The Morgan fingerprint density at radius 3 is 2.69 bits per heavy atom. The van der Waals surface area contributed by atoms with Crippen LogP contribution in [0.2, 0.25) is 0 Å². The molecule has 2 aromatic rings. The molecule has 3 N–H and O–H groups in total. The SMILES string of the molecule is CCCCCC[C@@H](C)NC(=O)CSc1nnc(-c2ccc(F)cc2)n1N. The van der Waals surface area contributed by atoms with E-state index in [0.717, 1.165) is 12.8 Å². The lowest BCUT2D eigenvalue weighted by atomic mass is 10.1. The minimum Gasteiger partial charge on any atom is -0.353 e. The van der Waals surface area contributed by atoms with E-state index in [9.17, 15) is 9.18 Å². The number of unbranched alkanes of at least 4 members (excludes halogenated alkanes) is 3. The molecule has 0 aliphatic carbocycles.